The van der Waals surface area contributed by atoms with Crippen molar-refractivity contribution in [3.05, 3.63) is 35.4 Å². The van der Waals surface area contributed by atoms with Gasteiger partial charge in [0.1, 0.15) is 0 Å². The predicted octanol–water partition coefficient (Wildman–Crippen LogP) is 2.68. The molecule has 2 N–H and O–H groups in total. The van der Waals surface area contributed by atoms with Gasteiger partial charge in [-0.25, -0.2) is 0 Å². The van der Waals surface area contributed by atoms with Gasteiger partial charge in [0, 0.05) is 19.4 Å². The van der Waals surface area contributed by atoms with Crippen molar-refractivity contribution in [2.75, 3.05) is 0 Å². The fourth-order valence-corrected chi connectivity index (χ4v) is 1.71. The Hall–Kier alpha value is -1.84. The van der Waals surface area contributed by atoms with Gasteiger partial charge in [-0.15, -0.1) is 0 Å². The molecule has 0 fully saturated rings. The Balaban J connectivity index is 2.31. The van der Waals surface area contributed by atoms with E-state index in [1.54, 1.807) is 0 Å². The van der Waals surface area contributed by atoms with Gasteiger partial charge in [-0.3, -0.25) is 9.59 Å². The van der Waals surface area contributed by atoms with Crippen LogP contribution in [0.3, 0.4) is 0 Å². The van der Waals surface area contributed by atoms with Crippen LogP contribution in [0.5, 0.6) is 0 Å². The molecule has 19 heavy (non-hydrogen) atoms. The summed E-state index contributed by atoms with van der Waals surface area (Å²) in [6.07, 6.45) is 0.681. The maximum absolute atomic E-state index is 11.5. The van der Waals surface area contributed by atoms with Gasteiger partial charge in [-0.2, -0.15) is 0 Å². The molecule has 4 nitrogen and oxygen atoms in total. The number of carboxylic acids is 1. The number of amides is 1. The summed E-state index contributed by atoms with van der Waals surface area (Å²) in [6.45, 7) is 4.77. The zero-order valence-corrected chi connectivity index (χ0v) is 11.5. The fraction of sp³-hybridized carbons (Fsp3) is 0.467. The van der Waals surface area contributed by atoms with Gasteiger partial charge in [0.25, 0.3) is 0 Å². The molecule has 0 heterocycles. The third kappa shape index (κ3) is 6.04. The minimum Gasteiger partial charge on any atom is -0.481 e. The molecular formula is C15H21NO3. The normalized spacial score (nSPS) is 10.5. The molecule has 1 aromatic carbocycles. The first-order valence-electron chi connectivity index (χ1n) is 6.56. The Bertz CT molecular complexity index is 424. The van der Waals surface area contributed by atoms with Gasteiger partial charge in [-0.1, -0.05) is 38.1 Å². The number of hydrogen-bond donors (Lipinski definition) is 2. The van der Waals surface area contributed by atoms with Crippen molar-refractivity contribution in [3.8, 4) is 0 Å². The zero-order chi connectivity index (χ0) is 14.3. The van der Waals surface area contributed by atoms with Crippen molar-refractivity contribution in [2.45, 2.75) is 45.6 Å². The molecular weight excluding hydrogens is 242 g/mol. The van der Waals surface area contributed by atoms with Gasteiger partial charge in [0.05, 0.1) is 0 Å². The Morgan fingerprint density at radius 2 is 1.79 bits per heavy atom. The SMILES string of the molecule is CC(C)c1ccc(CNC(=O)CCCC(=O)O)cc1. The zero-order valence-electron chi connectivity index (χ0n) is 11.5. The molecule has 4 heteroatoms. The van der Waals surface area contributed by atoms with Crippen LogP contribution in [0.2, 0.25) is 0 Å². The number of carbonyl (C=O) groups excluding carboxylic acids is 1. The summed E-state index contributed by atoms with van der Waals surface area (Å²) in [7, 11) is 0. The summed E-state index contributed by atoms with van der Waals surface area (Å²) < 4.78 is 0. The molecule has 0 aliphatic carbocycles. The second-order valence-corrected chi connectivity index (χ2v) is 4.92. The molecule has 0 spiro atoms. The van der Waals surface area contributed by atoms with Crippen LogP contribution in [0.1, 0.15) is 50.2 Å². The largest absolute Gasteiger partial charge is 0.481 e. The topological polar surface area (TPSA) is 66.4 Å². The van der Waals surface area contributed by atoms with Gasteiger partial charge in [0.2, 0.25) is 5.91 Å². The second kappa shape index (κ2) is 7.56. The molecule has 0 aromatic heterocycles. The quantitative estimate of drug-likeness (QED) is 0.794. The van der Waals surface area contributed by atoms with Crippen LogP contribution in [0.25, 0.3) is 0 Å². The number of carbonyl (C=O) groups is 2. The number of carboxylic acid groups (broad SMARTS) is 1. The molecule has 0 bridgehead atoms. The van der Waals surface area contributed by atoms with Crippen LogP contribution in [-0.2, 0) is 16.1 Å². The molecule has 1 amide bonds. The van der Waals surface area contributed by atoms with Crippen LogP contribution in [0.15, 0.2) is 24.3 Å². The number of rotatable bonds is 7. The van der Waals surface area contributed by atoms with Crippen molar-refractivity contribution < 1.29 is 14.7 Å². The maximum atomic E-state index is 11.5. The number of nitrogens with one attached hydrogen (secondary N) is 1. The van der Waals surface area contributed by atoms with Crippen LogP contribution in [0, 0.1) is 0 Å². The van der Waals surface area contributed by atoms with E-state index in [-0.39, 0.29) is 18.7 Å². The van der Waals surface area contributed by atoms with Crippen LogP contribution in [0.4, 0.5) is 0 Å². The predicted molar refractivity (Wildman–Crippen MR) is 73.9 cm³/mol. The van der Waals surface area contributed by atoms with Crippen molar-refractivity contribution >= 4 is 11.9 Å². The molecule has 104 valence electrons. The minimum atomic E-state index is -0.864. The monoisotopic (exact) mass is 263 g/mol. The van der Waals surface area contributed by atoms with E-state index in [0.717, 1.165) is 5.56 Å². The highest BCUT2D eigenvalue weighted by atomic mass is 16.4. The highest BCUT2D eigenvalue weighted by Gasteiger charge is 2.04. The van der Waals surface area contributed by atoms with Gasteiger partial charge < -0.3 is 10.4 Å². The van der Waals surface area contributed by atoms with E-state index in [1.807, 2.05) is 12.1 Å². The Morgan fingerprint density at radius 3 is 2.32 bits per heavy atom. The summed E-state index contributed by atoms with van der Waals surface area (Å²) in [4.78, 5) is 21.8. The summed E-state index contributed by atoms with van der Waals surface area (Å²) in [5.41, 5.74) is 2.33. The number of aliphatic carboxylic acids is 1. The summed E-state index contributed by atoms with van der Waals surface area (Å²) in [5, 5.41) is 11.3. The van der Waals surface area contributed by atoms with Crippen molar-refractivity contribution in [1.82, 2.24) is 5.32 Å². The molecule has 1 rings (SSSR count). The first kappa shape index (κ1) is 15.2. The average Bonchev–Trinajstić information content (AvgIpc) is 2.36. The van der Waals surface area contributed by atoms with Crippen molar-refractivity contribution in [3.63, 3.8) is 0 Å². The van der Waals surface area contributed by atoms with Crippen molar-refractivity contribution in [2.24, 2.45) is 0 Å². The van der Waals surface area contributed by atoms with Crippen LogP contribution < -0.4 is 5.32 Å². The first-order valence-corrected chi connectivity index (χ1v) is 6.56. The molecule has 1 aromatic rings. The smallest absolute Gasteiger partial charge is 0.303 e. The Labute approximate surface area is 113 Å². The Kier molecular flexibility index (Phi) is 6.06. The summed E-state index contributed by atoms with van der Waals surface area (Å²) >= 11 is 0. The molecule has 0 aliphatic heterocycles. The number of hydrogen-bond acceptors (Lipinski definition) is 2. The maximum Gasteiger partial charge on any atom is 0.303 e. The Morgan fingerprint density at radius 1 is 1.16 bits per heavy atom. The first-order chi connectivity index (χ1) is 8.99. The van der Waals surface area contributed by atoms with Gasteiger partial charge >= 0.3 is 5.97 Å². The van der Waals surface area contributed by atoms with E-state index in [1.165, 1.54) is 5.56 Å². The third-order valence-electron chi connectivity index (χ3n) is 2.93. The molecule has 0 aliphatic rings. The lowest BCUT2D eigenvalue weighted by atomic mass is 10.0. The van der Waals surface area contributed by atoms with E-state index in [2.05, 4.69) is 31.3 Å². The molecule has 0 saturated heterocycles. The van der Waals surface area contributed by atoms with Crippen LogP contribution in [-0.4, -0.2) is 17.0 Å². The minimum absolute atomic E-state index is 0.0382. The highest BCUT2D eigenvalue weighted by molar-refractivity contribution is 5.76. The van der Waals surface area contributed by atoms with E-state index in [9.17, 15) is 9.59 Å². The van der Waals surface area contributed by atoms with Crippen LogP contribution >= 0.6 is 0 Å². The highest BCUT2D eigenvalue weighted by Crippen LogP contribution is 2.14. The lowest BCUT2D eigenvalue weighted by Crippen LogP contribution is -2.22. The average molecular weight is 263 g/mol. The fourth-order valence-electron chi connectivity index (χ4n) is 1.71. The van der Waals surface area contributed by atoms with E-state index in [4.69, 9.17) is 5.11 Å². The third-order valence-corrected chi connectivity index (χ3v) is 2.93. The van der Waals surface area contributed by atoms with Crippen molar-refractivity contribution in [1.29, 1.82) is 0 Å². The summed E-state index contributed by atoms with van der Waals surface area (Å²) in [5.74, 6) is -0.467. The van der Waals surface area contributed by atoms with Gasteiger partial charge in [-0.05, 0) is 23.5 Å². The summed E-state index contributed by atoms with van der Waals surface area (Å²) in [6, 6.07) is 8.15. The van der Waals surface area contributed by atoms with E-state index < -0.39 is 5.97 Å². The molecule has 0 unspecified atom stereocenters. The molecule has 0 saturated carbocycles. The molecule has 0 radical (unpaired) electrons. The lowest BCUT2D eigenvalue weighted by Gasteiger charge is -2.08. The number of benzene rings is 1. The molecule has 0 atom stereocenters. The standard InChI is InChI=1S/C15H21NO3/c1-11(2)13-8-6-12(7-9-13)10-16-14(17)4-3-5-15(18)19/h6-9,11H,3-5,10H2,1-2H3,(H,16,17)(H,18,19). The second-order valence-electron chi connectivity index (χ2n) is 4.92. The lowest BCUT2D eigenvalue weighted by molar-refractivity contribution is -0.137. The van der Waals surface area contributed by atoms with Gasteiger partial charge in [0.15, 0.2) is 0 Å². The van der Waals surface area contributed by atoms with E-state index >= 15 is 0 Å². The van der Waals surface area contributed by atoms with E-state index in [0.29, 0.717) is 18.9 Å².